The van der Waals surface area contributed by atoms with E-state index in [1.54, 1.807) is 70.2 Å². The Labute approximate surface area is 277 Å². The molecule has 3 N–H and O–H groups in total. The smallest absolute Gasteiger partial charge is 0.289 e. The van der Waals surface area contributed by atoms with Gasteiger partial charge in [-0.25, -0.2) is 0 Å². The SMILES string of the molecule is CCN(CC)C(=O)c1cc2cc(NC(=O)c3cc(NC(=O)CCCOc4cc5c(cc4O)C(=O)N4CCC[C@H]4C=N5)cn3C)ccc2o1. The van der Waals surface area contributed by atoms with Crippen LogP contribution in [0.1, 0.15) is 70.9 Å². The first kappa shape index (κ1) is 32.4. The van der Waals surface area contributed by atoms with Gasteiger partial charge < -0.3 is 39.3 Å². The van der Waals surface area contributed by atoms with E-state index >= 15 is 0 Å². The highest BCUT2D eigenvalue weighted by Gasteiger charge is 2.32. The summed E-state index contributed by atoms with van der Waals surface area (Å²) in [5.41, 5.74) is 2.65. The first-order valence-electron chi connectivity index (χ1n) is 16.1. The second-order valence-corrected chi connectivity index (χ2v) is 11.8. The number of furan rings is 1. The molecule has 0 aliphatic carbocycles. The van der Waals surface area contributed by atoms with Crippen molar-refractivity contribution in [2.24, 2.45) is 12.0 Å². The Bertz CT molecular complexity index is 1920. The van der Waals surface area contributed by atoms with Crippen LogP contribution in [0.3, 0.4) is 0 Å². The number of phenolic OH excluding ortho intramolecular Hbond substituents is 1. The number of aryl methyl sites for hydroxylation is 1. The Hall–Kier alpha value is -5.59. The van der Waals surface area contributed by atoms with Gasteiger partial charge in [-0.2, -0.15) is 0 Å². The molecule has 4 heterocycles. The van der Waals surface area contributed by atoms with E-state index in [2.05, 4.69) is 15.6 Å². The summed E-state index contributed by atoms with van der Waals surface area (Å²) in [5, 5.41) is 16.9. The predicted octanol–water partition coefficient (Wildman–Crippen LogP) is 5.33. The molecule has 2 aliphatic rings. The fourth-order valence-corrected chi connectivity index (χ4v) is 6.06. The molecule has 0 unspecified atom stereocenters. The van der Waals surface area contributed by atoms with Gasteiger partial charge in [0.2, 0.25) is 5.91 Å². The molecule has 0 radical (unpaired) electrons. The van der Waals surface area contributed by atoms with E-state index in [0.717, 1.165) is 12.8 Å². The van der Waals surface area contributed by atoms with Gasteiger partial charge in [0.15, 0.2) is 17.3 Å². The minimum absolute atomic E-state index is 0.0342. The largest absolute Gasteiger partial charge is 0.504 e. The third kappa shape index (κ3) is 6.61. The van der Waals surface area contributed by atoms with E-state index in [1.165, 1.54) is 6.07 Å². The fraction of sp³-hybridized carbons (Fsp3) is 0.343. The molecule has 0 bridgehead atoms. The number of rotatable bonds is 11. The van der Waals surface area contributed by atoms with Crippen molar-refractivity contribution in [1.82, 2.24) is 14.4 Å². The number of anilines is 2. The van der Waals surface area contributed by atoms with Crippen molar-refractivity contribution < 1.29 is 33.4 Å². The molecule has 0 spiro atoms. The summed E-state index contributed by atoms with van der Waals surface area (Å²) >= 11 is 0. The Morgan fingerprint density at radius 2 is 1.90 bits per heavy atom. The molecule has 1 saturated heterocycles. The lowest BCUT2D eigenvalue weighted by molar-refractivity contribution is -0.116. The van der Waals surface area contributed by atoms with Crippen molar-refractivity contribution in [2.45, 2.75) is 45.6 Å². The second kappa shape index (κ2) is 13.6. The quantitative estimate of drug-likeness (QED) is 0.184. The number of aromatic nitrogens is 1. The molecule has 250 valence electrons. The van der Waals surface area contributed by atoms with Crippen LogP contribution in [0.4, 0.5) is 17.1 Å². The lowest BCUT2D eigenvalue weighted by atomic mass is 10.1. The molecule has 6 rings (SSSR count). The highest BCUT2D eigenvalue weighted by atomic mass is 16.5. The summed E-state index contributed by atoms with van der Waals surface area (Å²) in [4.78, 5) is 59.3. The number of carbonyl (C=O) groups is 4. The maximum Gasteiger partial charge on any atom is 0.289 e. The lowest BCUT2D eigenvalue weighted by Gasteiger charge is -2.20. The van der Waals surface area contributed by atoms with E-state index in [1.807, 2.05) is 13.8 Å². The Morgan fingerprint density at radius 1 is 1.08 bits per heavy atom. The van der Waals surface area contributed by atoms with Crippen LogP contribution in [-0.2, 0) is 11.8 Å². The highest BCUT2D eigenvalue weighted by Crippen LogP contribution is 2.37. The number of hydrogen-bond acceptors (Lipinski definition) is 8. The minimum Gasteiger partial charge on any atom is -0.504 e. The topological polar surface area (TPSA) is 159 Å². The van der Waals surface area contributed by atoms with Crippen LogP contribution in [0, 0.1) is 0 Å². The minimum atomic E-state index is -0.374. The van der Waals surface area contributed by atoms with E-state index < -0.39 is 0 Å². The number of nitrogens with one attached hydrogen (secondary N) is 2. The molecule has 2 aromatic carbocycles. The monoisotopic (exact) mass is 654 g/mol. The summed E-state index contributed by atoms with van der Waals surface area (Å²) in [6.45, 7) is 5.78. The molecule has 2 aromatic heterocycles. The fourth-order valence-electron chi connectivity index (χ4n) is 6.06. The number of nitrogens with zero attached hydrogens (tertiary/aromatic N) is 4. The molecule has 1 fully saturated rings. The Morgan fingerprint density at radius 3 is 2.69 bits per heavy atom. The van der Waals surface area contributed by atoms with Crippen LogP contribution >= 0.6 is 0 Å². The van der Waals surface area contributed by atoms with E-state index in [9.17, 15) is 24.3 Å². The van der Waals surface area contributed by atoms with Crippen LogP contribution in [-0.4, -0.2) is 81.6 Å². The van der Waals surface area contributed by atoms with Gasteiger partial charge >= 0.3 is 0 Å². The maximum absolute atomic E-state index is 13.1. The van der Waals surface area contributed by atoms with Crippen molar-refractivity contribution in [3.8, 4) is 11.5 Å². The zero-order valence-corrected chi connectivity index (χ0v) is 27.1. The standard InChI is InChI=1S/C35H38N6O7/c1-4-40(5-2)35(46)31-15-21-14-22(10-11-29(21)48-31)38-33(44)27-16-23(20-39(27)3)37-32(43)9-7-13-47-30-18-26-25(17-28(30)42)34(45)41-12-6-8-24(41)19-36-26/h10-11,14-20,24,42H,4-9,12-13H2,1-3H3,(H,37,43)(H,38,44)/t24-/m0/s1. The van der Waals surface area contributed by atoms with Gasteiger partial charge in [0, 0.05) is 62.7 Å². The van der Waals surface area contributed by atoms with Crippen LogP contribution in [0.25, 0.3) is 11.0 Å². The molecular formula is C35H38N6O7. The van der Waals surface area contributed by atoms with Crippen LogP contribution in [0.5, 0.6) is 11.5 Å². The zero-order chi connectivity index (χ0) is 33.9. The van der Waals surface area contributed by atoms with Gasteiger partial charge in [-0.3, -0.25) is 24.2 Å². The number of aliphatic imine (C=N–C) groups is 1. The third-order valence-electron chi connectivity index (χ3n) is 8.62. The van der Waals surface area contributed by atoms with Crippen molar-refractivity contribution in [3.05, 3.63) is 65.7 Å². The first-order valence-corrected chi connectivity index (χ1v) is 16.1. The second-order valence-electron chi connectivity index (χ2n) is 11.8. The number of ether oxygens (including phenoxy) is 1. The number of amides is 4. The molecule has 13 nitrogen and oxygen atoms in total. The number of hydrogen-bond donors (Lipinski definition) is 3. The number of benzene rings is 2. The summed E-state index contributed by atoms with van der Waals surface area (Å²) in [5.74, 6) is -0.703. The van der Waals surface area contributed by atoms with E-state index in [4.69, 9.17) is 9.15 Å². The average Bonchev–Trinajstić information content (AvgIpc) is 3.79. The van der Waals surface area contributed by atoms with Crippen molar-refractivity contribution in [1.29, 1.82) is 0 Å². The molecule has 0 saturated carbocycles. The molecule has 2 aliphatic heterocycles. The Balaban J connectivity index is 1.01. The van der Waals surface area contributed by atoms with E-state index in [0.29, 0.717) is 65.3 Å². The average molecular weight is 655 g/mol. The number of fused-ring (bicyclic) bond motifs is 3. The van der Waals surface area contributed by atoms with Crippen LogP contribution in [0.2, 0.25) is 0 Å². The van der Waals surface area contributed by atoms with Gasteiger partial charge in [0.25, 0.3) is 17.7 Å². The van der Waals surface area contributed by atoms with Gasteiger partial charge in [0.1, 0.15) is 11.3 Å². The normalized spacial score (nSPS) is 15.2. The van der Waals surface area contributed by atoms with Crippen molar-refractivity contribution in [3.63, 3.8) is 0 Å². The first-order chi connectivity index (χ1) is 23.1. The summed E-state index contributed by atoms with van der Waals surface area (Å²) in [6.07, 6.45) is 5.71. The third-order valence-corrected chi connectivity index (χ3v) is 8.62. The number of aromatic hydroxyl groups is 1. The maximum atomic E-state index is 13.1. The summed E-state index contributed by atoms with van der Waals surface area (Å²) in [6, 6.07) is 11.3. The molecule has 4 aromatic rings. The zero-order valence-electron chi connectivity index (χ0n) is 27.1. The summed E-state index contributed by atoms with van der Waals surface area (Å²) < 4.78 is 13.1. The molecule has 48 heavy (non-hydrogen) atoms. The molecule has 1 atom stereocenters. The van der Waals surface area contributed by atoms with Gasteiger partial charge in [-0.15, -0.1) is 0 Å². The van der Waals surface area contributed by atoms with Crippen LogP contribution < -0.4 is 15.4 Å². The van der Waals surface area contributed by atoms with Gasteiger partial charge in [-0.1, -0.05) is 0 Å². The highest BCUT2D eigenvalue weighted by molar-refractivity contribution is 6.06. The molecule has 13 heteroatoms. The van der Waals surface area contributed by atoms with Crippen LogP contribution in [0.15, 0.2) is 58.1 Å². The van der Waals surface area contributed by atoms with Gasteiger partial charge in [-0.05, 0) is 69.5 Å². The van der Waals surface area contributed by atoms with Crippen molar-refractivity contribution >= 4 is 57.9 Å². The van der Waals surface area contributed by atoms with Crippen molar-refractivity contribution in [2.75, 3.05) is 36.9 Å². The molecular weight excluding hydrogens is 616 g/mol. The number of phenols is 1. The summed E-state index contributed by atoms with van der Waals surface area (Å²) in [7, 11) is 1.71. The predicted molar refractivity (Wildman–Crippen MR) is 181 cm³/mol. The Kier molecular flexibility index (Phi) is 9.19. The lowest BCUT2D eigenvalue weighted by Crippen LogP contribution is -2.35. The van der Waals surface area contributed by atoms with Gasteiger partial charge in [0.05, 0.1) is 29.6 Å². The molecule has 4 amide bonds. The van der Waals surface area contributed by atoms with E-state index in [-0.39, 0.29) is 60.0 Å². The number of carbonyl (C=O) groups excluding carboxylic acids is 4.